The van der Waals surface area contributed by atoms with Crippen LogP contribution in [0.1, 0.15) is 31.7 Å². The number of nitrogens with zero attached hydrogens (tertiary/aromatic N) is 2. The summed E-state index contributed by atoms with van der Waals surface area (Å²) in [6.45, 7) is 2.36. The third-order valence-corrected chi connectivity index (χ3v) is 4.27. The number of amides is 1. The fourth-order valence-corrected chi connectivity index (χ4v) is 2.38. The van der Waals surface area contributed by atoms with Gasteiger partial charge in [-0.05, 0) is 44.0 Å². The monoisotopic (exact) mass is 331 g/mol. The molecule has 1 aliphatic rings. The summed E-state index contributed by atoms with van der Waals surface area (Å²) in [5, 5.41) is 11.2. The first kappa shape index (κ1) is 16.4. The molecule has 1 heterocycles. The van der Waals surface area contributed by atoms with E-state index in [0.29, 0.717) is 24.4 Å². The number of likely N-dealkylation sites (N-methyl/N-ethyl adjacent to an activating group) is 1. The van der Waals surface area contributed by atoms with Crippen molar-refractivity contribution < 1.29 is 18.8 Å². The molecule has 0 bridgehead atoms. The molecule has 1 saturated carbocycles. The molecule has 7 heteroatoms. The van der Waals surface area contributed by atoms with Gasteiger partial charge in [0.15, 0.2) is 12.6 Å². The predicted octanol–water partition coefficient (Wildman–Crippen LogP) is 0.600. The van der Waals surface area contributed by atoms with Gasteiger partial charge in [-0.2, -0.15) is 0 Å². The van der Waals surface area contributed by atoms with Crippen molar-refractivity contribution >= 4 is 5.91 Å². The Hall–Kier alpha value is -2.41. The van der Waals surface area contributed by atoms with Crippen molar-refractivity contribution in [1.82, 2.24) is 15.5 Å². The van der Waals surface area contributed by atoms with Crippen molar-refractivity contribution in [3.8, 4) is 17.2 Å². The van der Waals surface area contributed by atoms with E-state index < -0.39 is 0 Å². The lowest BCUT2D eigenvalue weighted by Crippen LogP contribution is -3.10. The fraction of sp³-hybridized carbons (Fsp3) is 0.471. The maximum atomic E-state index is 11.9. The topological polar surface area (TPSA) is 81.7 Å². The minimum Gasteiger partial charge on any atom is -0.497 e. The number of ether oxygens (including phenoxy) is 1. The van der Waals surface area contributed by atoms with Crippen LogP contribution in [0.4, 0.5) is 0 Å². The van der Waals surface area contributed by atoms with Crippen LogP contribution in [-0.4, -0.2) is 42.8 Å². The summed E-state index contributed by atoms with van der Waals surface area (Å²) in [5.74, 6) is 1.83. The van der Waals surface area contributed by atoms with Crippen LogP contribution in [0.25, 0.3) is 11.5 Å². The fourth-order valence-electron chi connectivity index (χ4n) is 2.38. The van der Waals surface area contributed by atoms with Crippen LogP contribution in [0.2, 0.25) is 0 Å². The van der Waals surface area contributed by atoms with Gasteiger partial charge in [0, 0.05) is 11.6 Å². The number of aromatic nitrogens is 2. The van der Waals surface area contributed by atoms with Crippen LogP contribution in [0.15, 0.2) is 28.7 Å². The number of hydrogen-bond acceptors (Lipinski definition) is 5. The molecule has 7 nitrogen and oxygen atoms in total. The molecule has 2 N–H and O–H groups in total. The molecule has 1 aromatic heterocycles. The summed E-state index contributed by atoms with van der Waals surface area (Å²) in [6, 6.07) is 7.77. The molecule has 128 valence electrons. The van der Waals surface area contributed by atoms with Crippen molar-refractivity contribution in [3.05, 3.63) is 30.2 Å². The van der Waals surface area contributed by atoms with Gasteiger partial charge in [-0.25, -0.2) is 0 Å². The Bertz CT molecular complexity index is 694. The minimum atomic E-state index is -0.0607. The first-order valence-corrected chi connectivity index (χ1v) is 8.16. The lowest BCUT2D eigenvalue weighted by atomic mass is 10.2. The van der Waals surface area contributed by atoms with Crippen LogP contribution in [0.3, 0.4) is 0 Å². The number of methoxy groups -OCH3 is 1. The van der Waals surface area contributed by atoms with Gasteiger partial charge in [-0.1, -0.05) is 0 Å². The molecule has 0 aliphatic heterocycles. The molecule has 24 heavy (non-hydrogen) atoms. The van der Waals surface area contributed by atoms with E-state index in [1.807, 2.05) is 38.2 Å². The Balaban J connectivity index is 1.63. The van der Waals surface area contributed by atoms with E-state index in [0.717, 1.165) is 29.1 Å². The van der Waals surface area contributed by atoms with Crippen molar-refractivity contribution in [1.29, 1.82) is 0 Å². The molecule has 1 amide bonds. The van der Waals surface area contributed by atoms with E-state index in [9.17, 15) is 4.79 Å². The summed E-state index contributed by atoms with van der Waals surface area (Å²) >= 11 is 0. The smallest absolute Gasteiger partial charge is 0.275 e. The van der Waals surface area contributed by atoms with Crippen LogP contribution in [0.5, 0.6) is 5.75 Å². The average molecular weight is 331 g/mol. The Morgan fingerprint density at radius 1 is 1.38 bits per heavy atom. The number of carbonyl (C=O) groups is 1. The molecule has 3 rings (SSSR count). The number of quaternary nitrogens is 1. The quantitative estimate of drug-likeness (QED) is 0.776. The lowest BCUT2D eigenvalue weighted by molar-refractivity contribution is -0.903. The normalized spacial score (nSPS) is 16.5. The van der Waals surface area contributed by atoms with Gasteiger partial charge in [0.1, 0.15) is 5.75 Å². The molecule has 1 aromatic carbocycles. The van der Waals surface area contributed by atoms with Crippen LogP contribution in [0, 0.1) is 0 Å². The van der Waals surface area contributed by atoms with E-state index in [1.54, 1.807) is 7.11 Å². The molecule has 0 saturated heterocycles. The average Bonchev–Trinajstić information content (AvgIpc) is 3.26. The Labute approximate surface area is 141 Å². The van der Waals surface area contributed by atoms with Crippen LogP contribution in [-0.2, 0) is 4.79 Å². The first-order chi connectivity index (χ1) is 11.6. The van der Waals surface area contributed by atoms with Crippen LogP contribution >= 0.6 is 0 Å². The van der Waals surface area contributed by atoms with Gasteiger partial charge in [-0.3, -0.25) is 4.79 Å². The third kappa shape index (κ3) is 3.91. The molecule has 0 radical (unpaired) electrons. The first-order valence-electron chi connectivity index (χ1n) is 8.16. The zero-order valence-electron chi connectivity index (χ0n) is 14.2. The molecule has 1 aliphatic carbocycles. The van der Waals surface area contributed by atoms with Gasteiger partial charge in [-0.15, -0.1) is 10.2 Å². The van der Waals surface area contributed by atoms with Crippen LogP contribution < -0.4 is 15.0 Å². The number of carbonyl (C=O) groups excluding carboxylic acids is 1. The molecule has 2 atom stereocenters. The van der Waals surface area contributed by atoms with Gasteiger partial charge in [0.2, 0.25) is 5.89 Å². The van der Waals surface area contributed by atoms with E-state index in [-0.39, 0.29) is 11.9 Å². The predicted molar refractivity (Wildman–Crippen MR) is 87.6 cm³/mol. The SMILES string of the molecule is COc1ccc(-c2nnc([C@@H](C)[NH+](C)CC(=O)NC3CC3)o2)cc1. The van der Waals surface area contributed by atoms with Gasteiger partial charge in [0.25, 0.3) is 11.8 Å². The lowest BCUT2D eigenvalue weighted by Gasteiger charge is -2.18. The summed E-state index contributed by atoms with van der Waals surface area (Å²) < 4.78 is 10.9. The summed E-state index contributed by atoms with van der Waals surface area (Å²) in [5.41, 5.74) is 0.839. The third-order valence-electron chi connectivity index (χ3n) is 4.27. The van der Waals surface area contributed by atoms with Gasteiger partial charge >= 0.3 is 0 Å². The molecule has 1 fully saturated rings. The van der Waals surface area contributed by atoms with Gasteiger partial charge in [0.05, 0.1) is 14.2 Å². The Morgan fingerprint density at radius 2 is 2.08 bits per heavy atom. The molecule has 0 spiro atoms. The summed E-state index contributed by atoms with van der Waals surface area (Å²) in [6.07, 6.45) is 2.18. The van der Waals surface area contributed by atoms with Crippen molar-refractivity contribution in [2.24, 2.45) is 0 Å². The van der Waals surface area contributed by atoms with Crippen molar-refractivity contribution in [2.75, 3.05) is 20.7 Å². The van der Waals surface area contributed by atoms with Crippen molar-refractivity contribution in [2.45, 2.75) is 31.8 Å². The van der Waals surface area contributed by atoms with E-state index >= 15 is 0 Å². The molecule has 2 aromatic rings. The highest BCUT2D eigenvalue weighted by molar-refractivity contribution is 5.77. The molecule has 1 unspecified atom stereocenters. The van der Waals surface area contributed by atoms with Crippen molar-refractivity contribution in [3.63, 3.8) is 0 Å². The standard InChI is InChI=1S/C17H22N4O3/c1-11(21(2)10-15(22)18-13-6-7-13)16-19-20-17(24-16)12-4-8-14(23-3)9-5-12/h4-5,8-9,11,13H,6-7,10H2,1-3H3,(H,18,22)/p+1/t11-/m1/s1. The second-order valence-corrected chi connectivity index (χ2v) is 6.26. The van der Waals surface area contributed by atoms with E-state index in [4.69, 9.17) is 9.15 Å². The largest absolute Gasteiger partial charge is 0.497 e. The molecular formula is C17H23N4O3+. The number of rotatable bonds is 7. The van der Waals surface area contributed by atoms with E-state index in [2.05, 4.69) is 15.5 Å². The molecular weight excluding hydrogens is 308 g/mol. The highest BCUT2D eigenvalue weighted by Crippen LogP contribution is 2.22. The maximum Gasteiger partial charge on any atom is 0.275 e. The van der Waals surface area contributed by atoms with E-state index in [1.165, 1.54) is 0 Å². The van der Waals surface area contributed by atoms with Gasteiger partial charge < -0.3 is 19.4 Å². The highest BCUT2D eigenvalue weighted by atomic mass is 16.5. The summed E-state index contributed by atoms with van der Waals surface area (Å²) in [4.78, 5) is 12.9. The second-order valence-electron chi connectivity index (χ2n) is 6.26. The maximum absolute atomic E-state index is 11.9. The number of hydrogen-bond donors (Lipinski definition) is 2. The number of nitrogens with one attached hydrogen (secondary N) is 2. The zero-order valence-corrected chi connectivity index (χ0v) is 14.2. The number of benzene rings is 1. The summed E-state index contributed by atoms with van der Waals surface area (Å²) in [7, 11) is 3.58. The Morgan fingerprint density at radius 3 is 2.71 bits per heavy atom. The Kier molecular flexibility index (Phi) is 4.80. The second kappa shape index (κ2) is 7.00. The highest BCUT2D eigenvalue weighted by Gasteiger charge is 2.28. The minimum absolute atomic E-state index is 0.0607. The zero-order chi connectivity index (χ0) is 17.1.